The third kappa shape index (κ3) is 4.19. The molecular formula is C12H20N2O2S2. The number of hydrogen-bond acceptors (Lipinski definition) is 4. The molecule has 1 aromatic carbocycles. The van der Waals surface area contributed by atoms with E-state index < -0.39 is 10.0 Å². The maximum Gasteiger partial charge on any atom is 0.240 e. The molecule has 3 N–H and O–H groups in total. The average molecular weight is 288 g/mol. The summed E-state index contributed by atoms with van der Waals surface area (Å²) in [6, 6.07) is 4.66. The van der Waals surface area contributed by atoms with Gasteiger partial charge in [0.15, 0.2) is 0 Å². The fourth-order valence-electron chi connectivity index (χ4n) is 1.48. The van der Waals surface area contributed by atoms with Gasteiger partial charge in [0, 0.05) is 17.5 Å². The minimum atomic E-state index is -3.45. The fraction of sp³-hybridized carbons (Fsp3) is 0.500. The van der Waals surface area contributed by atoms with Crippen LogP contribution >= 0.6 is 11.8 Å². The SMILES string of the molecule is CCSCC(C)NS(=O)(=O)c1ccc(N)c(C)c1. The molecule has 0 aliphatic rings. The Morgan fingerprint density at radius 3 is 2.67 bits per heavy atom. The number of hydrogen-bond donors (Lipinski definition) is 2. The summed E-state index contributed by atoms with van der Waals surface area (Å²) >= 11 is 1.71. The van der Waals surface area contributed by atoms with Crippen LogP contribution < -0.4 is 10.5 Å². The predicted molar refractivity (Wildman–Crippen MR) is 78.4 cm³/mol. The Labute approximate surface area is 113 Å². The molecule has 0 aliphatic heterocycles. The van der Waals surface area contributed by atoms with E-state index in [9.17, 15) is 8.42 Å². The van der Waals surface area contributed by atoms with Gasteiger partial charge in [-0.05, 0) is 43.4 Å². The summed E-state index contributed by atoms with van der Waals surface area (Å²) in [5, 5.41) is 0. The van der Waals surface area contributed by atoms with E-state index in [-0.39, 0.29) is 10.9 Å². The molecule has 0 amide bonds. The van der Waals surface area contributed by atoms with Gasteiger partial charge in [0.1, 0.15) is 0 Å². The number of nitrogen functional groups attached to an aromatic ring is 1. The van der Waals surface area contributed by atoms with Crippen LogP contribution in [0.3, 0.4) is 0 Å². The molecule has 1 rings (SSSR count). The lowest BCUT2D eigenvalue weighted by Gasteiger charge is -2.14. The fourth-order valence-corrected chi connectivity index (χ4v) is 3.58. The summed E-state index contributed by atoms with van der Waals surface area (Å²) in [6.45, 7) is 5.71. The Kier molecular flexibility index (Phi) is 5.49. The number of anilines is 1. The summed E-state index contributed by atoms with van der Waals surface area (Å²) in [5.41, 5.74) is 7.05. The number of thioether (sulfide) groups is 1. The number of benzene rings is 1. The standard InChI is InChI=1S/C12H20N2O2S2/c1-4-17-8-10(3)14-18(15,16)11-5-6-12(13)9(2)7-11/h5-7,10,14H,4,8,13H2,1-3H3. The molecule has 1 atom stereocenters. The third-order valence-electron chi connectivity index (χ3n) is 2.48. The highest BCUT2D eigenvalue weighted by molar-refractivity contribution is 7.99. The number of rotatable bonds is 6. The second kappa shape index (κ2) is 6.45. The van der Waals surface area contributed by atoms with E-state index in [1.54, 1.807) is 30.8 Å². The summed E-state index contributed by atoms with van der Waals surface area (Å²) in [6.07, 6.45) is 0. The molecule has 102 valence electrons. The summed E-state index contributed by atoms with van der Waals surface area (Å²) in [5.74, 6) is 1.75. The first kappa shape index (κ1) is 15.3. The van der Waals surface area contributed by atoms with Crippen molar-refractivity contribution in [1.82, 2.24) is 4.72 Å². The van der Waals surface area contributed by atoms with Gasteiger partial charge in [0.2, 0.25) is 10.0 Å². The molecule has 0 saturated heterocycles. The Bertz CT molecular complexity index is 501. The van der Waals surface area contributed by atoms with E-state index in [1.807, 2.05) is 6.92 Å². The summed E-state index contributed by atoms with van der Waals surface area (Å²) in [7, 11) is -3.45. The van der Waals surface area contributed by atoms with Gasteiger partial charge in [-0.1, -0.05) is 6.92 Å². The first-order chi connectivity index (χ1) is 8.36. The molecule has 0 spiro atoms. The zero-order valence-corrected chi connectivity index (χ0v) is 12.6. The van der Waals surface area contributed by atoms with Gasteiger partial charge in [-0.3, -0.25) is 0 Å². The van der Waals surface area contributed by atoms with Crippen LogP contribution in [0.15, 0.2) is 23.1 Å². The Morgan fingerprint density at radius 1 is 1.44 bits per heavy atom. The molecule has 0 aliphatic carbocycles. The molecule has 0 radical (unpaired) electrons. The number of nitrogens with one attached hydrogen (secondary N) is 1. The maximum absolute atomic E-state index is 12.1. The molecule has 0 fully saturated rings. The van der Waals surface area contributed by atoms with Crippen LogP contribution in [0.4, 0.5) is 5.69 Å². The highest BCUT2D eigenvalue weighted by Gasteiger charge is 2.17. The maximum atomic E-state index is 12.1. The van der Waals surface area contributed by atoms with Crippen LogP contribution in [-0.4, -0.2) is 26.0 Å². The van der Waals surface area contributed by atoms with Crippen molar-refractivity contribution in [2.45, 2.75) is 31.7 Å². The topological polar surface area (TPSA) is 72.2 Å². The van der Waals surface area contributed by atoms with Crippen LogP contribution in [0.2, 0.25) is 0 Å². The lowest BCUT2D eigenvalue weighted by Crippen LogP contribution is -2.34. The monoisotopic (exact) mass is 288 g/mol. The Morgan fingerprint density at radius 2 is 2.11 bits per heavy atom. The summed E-state index contributed by atoms with van der Waals surface area (Å²) in [4.78, 5) is 0.266. The molecule has 1 unspecified atom stereocenters. The van der Waals surface area contributed by atoms with Gasteiger partial charge in [-0.25, -0.2) is 13.1 Å². The van der Waals surface area contributed by atoms with E-state index in [4.69, 9.17) is 5.73 Å². The molecule has 6 heteroatoms. The van der Waals surface area contributed by atoms with Crippen molar-refractivity contribution in [1.29, 1.82) is 0 Å². The van der Waals surface area contributed by atoms with Crippen molar-refractivity contribution < 1.29 is 8.42 Å². The van der Waals surface area contributed by atoms with E-state index in [2.05, 4.69) is 11.6 Å². The molecule has 0 aromatic heterocycles. The van der Waals surface area contributed by atoms with Gasteiger partial charge in [-0.15, -0.1) is 0 Å². The highest BCUT2D eigenvalue weighted by atomic mass is 32.2. The average Bonchev–Trinajstić information content (AvgIpc) is 2.29. The minimum Gasteiger partial charge on any atom is -0.399 e. The van der Waals surface area contributed by atoms with Gasteiger partial charge in [0.25, 0.3) is 0 Å². The van der Waals surface area contributed by atoms with Gasteiger partial charge in [-0.2, -0.15) is 11.8 Å². The molecule has 0 heterocycles. The van der Waals surface area contributed by atoms with Crippen molar-refractivity contribution in [2.24, 2.45) is 0 Å². The number of nitrogens with two attached hydrogens (primary N) is 1. The smallest absolute Gasteiger partial charge is 0.240 e. The van der Waals surface area contributed by atoms with Crippen LogP contribution in [-0.2, 0) is 10.0 Å². The van der Waals surface area contributed by atoms with E-state index >= 15 is 0 Å². The van der Waals surface area contributed by atoms with E-state index in [1.165, 1.54) is 6.07 Å². The normalized spacial score (nSPS) is 13.5. The second-order valence-electron chi connectivity index (χ2n) is 4.20. The van der Waals surface area contributed by atoms with Gasteiger partial charge < -0.3 is 5.73 Å². The van der Waals surface area contributed by atoms with Gasteiger partial charge in [0.05, 0.1) is 4.90 Å². The molecule has 4 nitrogen and oxygen atoms in total. The van der Waals surface area contributed by atoms with Crippen molar-refractivity contribution in [3.8, 4) is 0 Å². The van der Waals surface area contributed by atoms with Crippen molar-refractivity contribution in [3.63, 3.8) is 0 Å². The van der Waals surface area contributed by atoms with E-state index in [0.29, 0.717) is 5.69 Å². The second-order valence-corrected chi connectivity index (χ2v) is 7.23. The Hall–Kier alpha value is -0.720. The number of sulfonamides is 1. The molecule has 1 aromatic rings. The lowest BCUT2D eigenvalue weighted by atomic mass is 10.2. The molecule has 0 saturated carbocycles. The van der Waals surface area contributed by atoms with Crippen LogP contribution in [0.25, 0.3) is 0 Å². The molecule has 18 heavy (non-hydrogen) atoms. The van der Waals surface area contributed by atoms with E-state index in [0.717, 1.165) is 17.1 Å². The highest BCUT2D eigenvalue weighted by Crippen LogP contribution is 2.17. The van der Waals surface area contributed by atoms with Crippen molar-refractivity contribution in [2.75, 3.05) is 17.2 Å². The van der Waals surface area contributed by atoms with Crippen LogP contribution in [0, 0.1) is 6.92 Å². The molecular weight excluding hydrogens is 268 g/mol. The lowest BCUT2D eigenvalue weighted by molar-refractivity contribution is 0.571. The summed E-state index contributed by atoms with van der Waals surface area (Å²) < 4.78 is 26.9. The molecule has 0 bridgehead atoms. The third-order valence-corrected chi connectivity index (χ3v) is 5.21. The number of aryl methyl sites for hydroxylation is 1. The van der Waals surface area contributed by atoms with Gasteiger partial charge >= 0.3 is 0 Å². The first-order valence-electron chi connectivity index (χ1n) is 5.83. The quantitative estimate of drug-likeness (QED) is 0.785. The van der Waals surface area contributed by atoms with Crippen molar-refractivity contribution in [3.05, 3.63) is 23.8 Å². The van der Waals surface area contributed by atoms with Crippen LogP contribution in [0.5, 0.6) is 0 Å². The van der Waals surface area contributed by atoms with Crippen LogP contribution in [0.1, 0.15) is 19.4 Å². The predicted octanol–water partition coefficient (Wildman–Crippen LogP) is 2.00. The minimum absolute atomic E-state index is 0.0854. The largest absolute Gasteiger partial charge is 0.399 e. The zero-order valence-electron chi connectivity index (χ0n) is 10.9. The Balaban J connectivity index is 2.83. The zero-order chi connectivity index (χ0) is 13.8. The van der Waals surface area contributed by atoms with Crippen molar-refractivity contribution >= 4 is 27.5 Å². The first-order valence-corrected chi connectivity index (χ1v) is 8.46.